The Labute approximate surface area is 154 Å². The van der Waals surface area contributed by atoms with Gasteiger partial charge in [0, 0.05) is 5.69 Å². The predicted octanol–water partition coefficient (Wildman–Crippen LogP) is 3.66. The monoisotopic (exact) mass is 364 g/mol. The van der Waals surface area contributed by atoms with Crippen molar-refractivity contribution in [2.45, 2.75) is 13.5 Å². The Morgan fingerprint density at radius 2 is 2.04 bits per heavy atom. The van der Waals surface area contributed by atoms with E-state index >= 15 is 0 Å². The quantitative estimate of drug-likeness (QED) is 0.711. The molecule has 1 aromatic heterocycles. The summed E-state index contributed by atoms with van der Waals surface area (Å²) in [4.78, 5) is 24.5. The van der Waals surface area contributed by atoms with Gasteiger partial charge in [-0.15, -0.1) is 0 Å². The number of aromatic nitrogens is 1. The van der Waals surface area contributed by atoms with Crippen molar-refractivity contribution in [3.63, 3.8) is 0 Å². The number of benzene rings is 2. The molecule has 0 bridgehead atoms. The van der Waals surface area contributed by atoms with Gasteiger partial charge in [0.25, 0.3) is 5.91 Å². The van der Waals surface area contributed by atoms with Crippen LogP contribution in [0.5, 0.6) is 5.75 Å². The van der Waals surface area contributed by atoms with E-state index in [0.717, 1.165) is 5.56 Å². The Morgan fingerprint density at radius 1 is 1.19 bits per heavy atom. The van der Waals surface area contributed by atoms with Crippen molar-refractivity contribution in [1.82, 2.24) is 5.16 Å². The molecule has 0 spiro atoms. The highest BCUT2D eigenvalue weighted by Gasteiger charge is 2.28. The van der Waals surface area contributed by atoms with Crippen LogP contribution in [0, 0.1) is 0 Å². The number of carbonyl (C=O) groups excluding carboxylic acids is 2. The third-order valence-corrected chi connectivity index (χ3v) is 4.14. The largest absolute Gasteiger partial charge is 0.488 e. The van der Waals surface area contributed by atoms with Crippen LogP contribution in [-0.2, 0) is 11.3 Å². The summed E-state index contributed by atoms with van der Waals surface area (Å²) in [6.07, 6.45) is 0. The second-order valence-corrected chi connectivity index (χ2v) is 5.88. The second kappa shape index (κ2) is 6.95. The Balaban J connectivity index is 1.58. The number of carbonyl (C=O) groups is 2. The number of rotatable bonds is 4. The number of hydrogen-bond acceptors (Lipinski definition) is 6. The van der Waals surface area contributed by atoms with Crippen molar-refractivity contribution in [3.8, 4) is 17.1 Å². The number of esters is 1. The van der Waals surface area contributed by atoms with Gasteiger partial charge in [0.05, 0.1) is 23.3 Å². The van der Waals surface area contributed by atoms with Crippen LogP contribution in [0.15, 0.2) is 53.1 Å². The van der Waals surface area contributed by atoms with Gasteiger partial charge in [-0.05, 0) is 37.3 Å². The van der Waals surface area contributed by atoms with E-state index in [1.807, 2.05) is 24.3 Å². The predicted molar refractivity (Wildman–Crippen MR) is 96.6 cm³/mol. The number of amides is 1. The van der Waals surface area contributed by atoms with Crippen molar-refractivity contribution < 1.29 is 23.6 Å². The Bertz CT molecular complexity index is 1020. The standard InChI is InChI=1S/C20H16N2O5/c1-2-25-20(24)12-6-5-7-13(10-12)21-19(23)17-15-11-26-16-9-4-3-8-14(16)18(15)27-22-17/h3-10H,2,11H2,1H3,(H,21,23). The van der Waals surface area contributed by atoms with Crippen LogP contribution in [-0.4, -0.2) is 23.6 Å². The maximum Gasteiger partial charge on any atom is 0.338 e. The smallest absolute Gasteiger partial charge is 0.338 e. The molecule has 3 aromatic rings. The zero-order chi connectivity index (χ0) is 18.8. The van der Waals surface area contributed by atoms with E-state index in [1.54, 1.807) is 31.2 Å². The molecule has 4 rings (SSSR count). The summed E-state index contributed by atoms with van der Waals surface area (Å²) in [5, 5.41) is 6.65. The number of anilines is 1. The zero-order valence-corrected chi connectivity index (χ0v) is 14.5. The fourth-order valence-corrected chi connectivity index (χ4v) is 2.89. The number of hydrogen-bond donors (Lipinski definition) is 1. The van der Waals surface area contributed by atoms with E-state index in [9.17, 15) is 9.59 Å². The lowest BCUT2D eigenvalue weighted by Gasteiger charge is -2.15. The number of fused-ring (bicyclic) bond motifs is 3. The van der Waals surface area contributed by atoms with Gasteiger partial charge in [0.15, 0.2) is 11.5 Å². The molecule has 1 N–H and O–H groups in total. The van der Waals surface area contributed by atoms with Crippen molar-refractivity contribution in [3.05, 3.63) is 65.4 Å². The molecule has 0 unspecified atom stereocenters. The van der Waals surface area contributed by atoms with Gasteiger partial charge in [0.1, 0.15) is 12.4 Å². The van der Waals surface area contributed by atoms with Gasteiger partial charge in [-0.1, -0.05) is 23.4 Å². The molecule has 0 radical (unpaired) electrons. The molecule has 2 heterocycles. The average molecular weight is 364 g/mol. The Morgan fingerprint density at radius 3 is 2.89 bits per heavy atom. The molecule has 0 atom stereocenters. The van der Waals surface area contributed by atoms with Crippen LogP contribution < -0.4 is 10.1 Å². The van der Waals surface area contributed by atoms with Gasteiger partial charge in [-0.25, -0.2) is 4.79 Å². The van der Waals surface area contributed by atoms with E-state index in [0.29, 0.717) is 28.3 Å². The topological polar surface area (TPSA) is 90.7 Å². The minimum Gasteiger partial charge on any atom is -0.488 e. The Hall–Kier alpha value is -3.61. The van der Waals surface area contributed by atoms with Crippen molar-refractivity contribution in [2.75, 3.05) is 11.9 Å². The summed E-state index contributed by atoms with van der Waals surface area (Å²) in [5.74, 6) is 0.332. The van der Waals surface area contributed by atoms with Gasteiger partial charge in [-0.3, -0.25) is 4.79 Å². The van der Waals surface area contributed by atoms with E-state index in [2.05, 4.69) is 10.5 Å². The van der Waals surface area contributed by atoms with Gasteiger partial charge in [0.2, 0.25) is 0 Å². The maximum absolute atomic E-state index is 12.7. The molecular formula is C20H16N2O5. The van der Waals surface area contributed by atoms with Crippen LogP contribution in [0.4, 0.5) is 5.69 Å². The second-order valence-electron chi connectivity index (χ2n) is 5.88. The summed E-state index contributed by atoms with van der Waals surface area (Å²) in [6, 6.07) is 13.9. The molecule has 0 aliphatic carbocycles. The van der Waals surface area contributed by atoms with Gasteiger partial charge < -0.3 is 19.3 Å². The van der Waals surface area contributed by atoms with E-state index < -0.39 is 11.9 Å². The first-order valence-electron chi connectivity index (χ1n) is 8.46. The van der Waals surface area contributed by atoms with E-state index in [-0.39, 0.29) is 18.9 Å². The van der Waals surface area contributed by atoms with Crippen molar-refractivity contribution >= 4 is 17.6 Å². The molecule has 0 saturated carbocycles. The van der Waals surface area contributed by atoms with Crippen LogP contribution in [0.25, 0.3) is 11.3 Å². The number of ether oxygens (including phenoxy) is 2. The highest BCUT2D eigenvalue weighted by Crippen LogP contribution is 2.38. The van der Waals surface area contributed by atoms with Crippen LogP contribution in [0.2, 0.25) is 0 Å². The summed E-state index contributed by atoms with van der Waals surface area (Å²) in [5.41, 5.74) is 2.32. The lowest BCUT2D eigenvalue weighted by atomic mass is 10.0. The maximum atomic E-state index is 12.7. The highest BCUT2D eigenvalue weighted by molar-refractivity contribution is 6.05. The summed E-state index contributed by atoms with van der Waals surface area (Å²) in [6.45, 7) is 2.21. The normalized spacial score (nSPS) is 11.7. The van der Waals surface area contributed by atoms with E-state index in [1.165, 1.54) is 0 Å². The molecular weight excluding hydrogens is 348 g/mol. The first-order valence-corrected chi connectivity index (χ1v) is 8.46. The molecule has 0 saturated heterocycles. The Kier molecular flexibility index (Phi) is 4.33. The molecule has 2 aromatic carbocycles. The third kappa shape index (κ3) is 3.15. The minimum atomic E-state index is -0.447. The minimum absolute atomic E-state index is 0.154. The molecule has 0 fully saturated rings. The van der Waals surface area contributed by atoms with Crippen LogP contribution in [0.1, 0.15) is 33.3 Å². The summed E-state index contributed by atoms with van der Waals surface area (Å²) >= 11 is 0. The zero-order valence-electron chi connectivity index (χ0n) is 14.5. The van der Waals surface area contributed by atoms with E-state index in [4.69, 9.17) is 14.0 Å². The van der Waals surface area contributed by atoms with Crippen molar-refractivity contribution in [1.29, 1.82) is 0 Å². The molecule has 27 heavy (non-hydrogen) atoms. The molecule has 7 heteroatoms. The number of nitrogens with zero attached hydrogens (tertiary/aromatic N) is 1. The third-order valence-electron chi connectivity index (χ3n) is 4.14. The summed E-state index contributed by atoms with van der Waals surface area (Å²) in [7, 11) is 0. The van der Waals surface area contributed by atoms with Gasteiger partial charge in [-0.2, -0.15) is 0 Å². The summed E-state index contributed by atoms with van der Waals surface area (Å²) < 4.78 is 16.1. The average Bonchev–Trinajstić information content (AvgIpc) is 3.13. The number of nitrogens with one attached hydrogen (secondary N) is 1. The van der Waals surface area contributed by atoms with Crippen LogP contribution >= 0.6 is 0 Å². The molecule has 1 aliphatic rings. The fourth-order valence-electron chi connectivity index (χ4n) is 2.89. The first-order chi connectivity index (χ1) is 13.2. The molecule has 1 amide bonds. The highest BCUT2D eigenvalue weighted by atomic mass is 16.5. The SMILES string of the molecule is CCOC(=O)c1cccc(NC(=O)c2noc3c2COc2ccccc2-3)c1. The fraction of sp³-hybridized carbons (Fsp3) is 0.150. The number of para-hydroxylation sites is 1. The lowest BCUT2D eigenvalue weighted by molar-refractivity contribution is 0.0526. The molecule has 1 aliphatic heterocycles. The first kappa shape index (κ1) is 16.8. The van der Waals surface area contributed by atoms with Gasteiger partial charge >= 0.3 is 5.97 Å². The van der Waals surface area contributed by atoms with Crippen LogP contribution in [0.3, 0.4) is 0 Å². The lowest BCUT2D eigenvalue weighted by Crippen LogP contribution is -2.16. The molecule has 136 valence electrons. The molecule has 7 nitrogen and oxygen atoms in total. The van der Waals surface area contributed by atoms with Crippen molar-refractivity contribution in [2.24, 2.45) is 0 Å².